The Morgan fingerprint density at radius 1 is 1.50 bits per heavy atom. The number of pyridine rings is 1. The molecule has 1 heterocycles. The number of rotatable bonds is 6. The van der Waals surface area contributed by atoms with Gasteiger partial charge >= 0.3 is 0 Å². The molecule has 24 heavy (non-hydrogen) atoms. The number of aromatic nitrogens is 1. The molecule has 1 aromatic rings. The van der Waals surface area contributed by atoms with Gasteiger partial charge in [-0.15, -0.1) is 0 Å². The van der Waals surface area contributed by atoms with Crippen LogP contribution in [0.1, 0.15) is 45.6 Å². The van der Waals surface area contributed by atoms with E-state index in [9.17, 15) is 4.79 Å². The SMILES string of the molecule is CC1=C[C@@H](CC#N)[C@H](C(C)C)C[C@H]1CC(=O)NCc1cccnc1. The zero-order valence-electron chi connectivity index (χ0n) is 14.8. The normalized spacial score (nSPS) is 23.5. The Labute approximate surface area is 145 Å². The van der Waals surface area contributed by atoms with Crippen LogP contribution >= 0.6 is 0 Å². The van der Waals surface area contributed by atoms with E-state index in [4.69, 9.17) is 5.26 Å². The largest absolute Gasteiger partial charge is 0.352 e. The number of hydrogen-bond acceptors (Lipinski definition) is 3. The molecule has 4 nitrogen and oxygen atoms in total. The summed E-state index contributed by atoms with van der Waals surface area (Å²) in [7, 11) is 0. The van der Waals surface area contributed by atoms with E-state index in [1.54, 1.807) is 12.4 Å². The van der Waals surface area contributed by atoms with Crippen LogP contribution in [0, 0.1) is 35.0 Å². The lowest BCUT2D eigenvalue weighted by atomic mass is 9.69. The number of nitriles is 1. The first-order valence-electron chi connectivity index (χ1n) is 8.72. The maximum absolute atomic E-state index is 12.3. The van der Waals surface area contributed by atoms with Gasteiger partial charge in [0, 0.05) is 31.8 Å². The Balaban J connectivity index is 1.94. The molecule has 0 saturated carbocycles. The number of nitrogens with zero attached hydrogens (tertiary/aromatic N) is 2. The van der Waals surface area contributed by atoms with Crippen LogP contribution in [0.3, 0.4) is 0 Å². The summed E-state index contributed by atoms with van der Waals surface area (Å²) in [5.74, 6) is 1.68. The standard InChI is InChI=1S/C20H27N3O/c1-14(2)19-10-18(15(3)9-17(19)6-7-21)11-20(24)23-13-16-5-4-8-22-12-16/h4-5,8-9,12,14,17-19H,6,10-11,13H2,1-3H3,(H,23,24)/t17-,18+,19+/m1/s1. The van der Waals surface area contributed by atoms with Crippen LogP contribution in [0.2, 0.25) is 0 Å². The summed E-state index contributed by atoms with van der Waals surface area (Å²) in [4.78, 5) is 16.4. The molecule has 0 bridgehead atoms. The number of carbonyl (C=O) groups excluding carboxylic acids is 1. The molecule has 1 aromatic heterocycles. The van der Waals surface area contributed by atoms with E-state index in [2.05, 4.69) is 43.2 Å². The molecule has 1 N–H and O–H groups in total. The molecule has 0 aliphatic heterocycles. The third kappa shape index (κ3) is 4.92. The highest BCUT2D eigenvalue weighted by Gasteiger charge is 2.32. The monoisotopic (exact) mass is 325 g/mol. The lowest BCUT2D eigenvalue weighted by Gasteiger charge is -2.36. The van der Waals surface area contributed by atoms with Gasteiger partial charge in [0.15, 0.2) is 0 Å². The van der Waals surface area contributed by atoms with Crippen molar-refractivity contribution < 1.29 is 4.79 Å². The minimum atomic E-state index is 0.0813. The third-order valence-electron chi connectivity index (χ3n) is 5.06. The van der Waals surface area contributed by atoms with E-state index in [0.29, 0.717) is 37.1 Å². The molecule has 4 heteroatoms. The molecular formula is C20H27N3O. The predicted octanol–water partition coefficient (Wildman–Crippen LogP) is 3.86. The highest BCUT2D eigenvalue weighted by molar-refractivity contribution is 5.76. The van der Waals surface area contributed by atoms with Crippen LogP contribution in [0.15, 0.2) is 36.2 Å². The second kappa shape index (κ2) is 8.63. The first kappa shape index (κ1) is 18.2. The molecule has 0 fully saturated rings. The Kier molecular flexibility index (Phi) is 6.54. The van der Waals surface area contributed by atoms with Crippen LogP contribution in [-0.2, 0) is 11.3 Å². The van der Waals surface area contributed by atoms with Gasteiger partial charge in [0.25, 0.3) is 0 Å². The maximum atomic E-state index is 12.3. The molecule has 3 atom stereocenters. The molecule has 1 aliphatic rings. The topological polar surface area (TPSA) is 65.8 Å². The lowest BCUT2D eigenvalue weighted by Crippen LogP contribution is -2.31. The fourth-order valence-electron chi connectivity index (χ4n) is 3.61. The number of nitrogens with one attached hydrogen (secondary N) is 1. The molecule has 0 saturated heterocycles. The average molecular weight is 325 g/mol. The lowest BCUT2D eigenvalue weighted by molar-refractivity contribution is -0.122. The summed E-state index contributed by atoms with van der Waals surface area (Å²) in [6.45, 7) is 7.04. The summed E-state index contributed by atoms with van der Waals surface area (Å²) < 4.78 is 0. The van der Waals surface area contributed by atoms with Crippen LogP contribution < -0.4 is 5.32 Å². The Bertz CT molecular complexity index is 616. The minimum Gasteiger partial charge on any atom is -0.352 e. The van der Waals surface area contributed by atoms with Crippen molar-refractivity contribution >= 4 is 5.91 Å². The van der Waals surface area contributed by atoms with Crippen molar-refractivity contribution in [2.24, 2.45) is 23.7 Å². The Morgan fingerprint density at radius 3 is 2.92 bits per heavy atom. The zero-order valence-corrected chi connectivity index (χ0v) is 14.8. The van der Waals surface area contributed by atoms with E-state index in [1.165, 1.54) is 5.57 Å². The Hall–Kier alpha value is -2.15. The predicted molar refractivity (Wildman–Crippen MR) is 94.6 cm³/mol. The van der Waals surface area contributed by atoms with Crippen LogP contribution in [0.25, 0.3) is 0 Å². The summed E-state index contributed by atoms with van der Waals surface area (Å²) in [6, 6.07) is 6.14. The van der Waals surface area contributed by atoms with Crippen molar-refractivity contribution in [1.82, 2.24) is 10.3 Å². The van der Waals surface area contributed by atoms with E-state index in [-0.39, 0.29) is 11.8 Å². The second-order valence-electron chi connectivity index (χ2n) is 7.12. The minimum absolute atomic E-state index is 0.0813. The summed E-state index contributed by atoms with van der Waals surface area (Å²) in [5, 5.41) is 12.0. The highest BCUT2D eigenvalue weighted by atomic mass is 16.1. The van der Waals surface area contributed by atoms with Gasteiger partial charge in [0.1, 0.15) is 0 Å². The Morgan fingerprint density at radius 2 is 2.29 bits per heavy atom. The van der Waals surface area contributed by atoms with Crippen molar-refractivity contribution in [3.63, 3.8) is 0 Å². The smallest absolute Gasteiger partial charge is 0.220 e. The van der Waals surface area contributed by atoms with Crippen molar-refractivity contribution in [3.8, 4) is 6.07 Å². The van der Waals surface area contributed by atoms with Gasteiger partial charge < -0.3 is 5.32 Å². The quantitative estimate of drug-likeness (QED) is 0.808. The average Bonchev–Trinajstić information content (AvgIpc) is 2.56. The summed E-state index contributed by atoms with van der Waals surface area (Å²) in [6.07, 6.45) is 7.81. The summed E-state index contributed by atoms with van der Waals surface area (Å²) in [5.41, 5.74) is 2.26. The van der Waals surface area contributed by atoms with Crippen molar-refractivity contribution in [2.45, 2.75) is 46.6 Å². The van der Waals surface area contributed by atoms with Crippen LogP contribution in [-0.4, -0.2) is 10.9 Å². The molecular weight excluding hydrogens is 298 g/mol. The fraction of sp³-hybridized carbons (Fsp3) is 0.550. The molecule has 0 spiro atoms. The second-order valence-corrected chi connectivity index (χ2v) is 7.12. The van der Waals surface area contributed by atoms with E-state index in [0.717, 1.165) is 12.0 Å². The highest BCUT2D eigenvalue weighted by Crippen LogP contribution is 2.40. The summed E-state index contributed by atoms with van der Waals surface area (Å²) >= 11 is 0. The van der Waals surface area contributed by atoms with Gasteiger partial charge in [-0.05, 0) is 48.6 Å². The van der Waals surface area contributed by atoms with Gasteiger partial charge in [0.05, 0.1) is 6.07 Å². The van der Waals surface area contributed by atoms with E-state index in [1.807, 2.05) is 12.1 Å². The first-order chi connectivity index (χ1) is 11.5. The van der Waals surface area contributed by atoms with Crippen molar-refractivity contribution in [3.05, 3.63) is 41.7 Å². The van der Waals surface area contributed by atoms with Gasteiger partial charge in [0.2, 0.25) is 5.91 Å². The van der Waals surface area contributed by atoms with Crippen LogP contribution in [0.4, 0.5) is 0 Å². The van der Waals surface area contributed by atoms with Gasteiger partial charge in [-0.1, -0.05) is 31.6 Å². The number of allylic oxidation sites excluding steroid dienone is 2. The molecule has 2 rings (SSSR count). The third-order valence-corrected chi connectivity index (χ3v) is 5.06. The maximum Gasteiger partial charge on any atom is 0.220 e. The van der Waals surface area contributed by atoms with Crippen molar-refractivity contribution in [1.29, 1.82) is 5.26 Å². The fourth-order valence-corrected chi connectivity index (χ4v) is 3.61. The van der Waals surface area contributed by atoms with Gasteiger partial charge in [-0.25, -0.2) is 0 Å². The zero-order chi connectivity index (χ0) is 17.5. The molecule has 0 radical (unpaired) electrons. The molecule has 1 amide bonds. The van der Waals surface area contributed by atoms with Gasteiger partial charge in [-0.3, -0.25) is 9.78 Å². The number of carbonyl (C=O) groups is 1. The number of amides is 1. The molecule has 1 aliphatic carbocycles. The molecule has 128 valence electrons. The molecule has 0 aromatic carbocycles. The van der Waals surface area contributed by atoms with Gasteiger partial charge in [-0.2, -0.15) is 5.26 Å². The number of hydrogen-bond donors (Lipinski definition) is 1. The molecule has 0 unspecified atom stereocenters. The van der Waals surface area contributed by atoms with E-state index < -0.39 is 0 Å². The van der Waals surface area contributed by atoms with E-state index >= 15 is 0 Å². The van der Waals surface area contributed by atoms with Crippen LogP contribution in [0.5, 0.6) is 0 Å². The van der Waals surface area contributed by atoms with Crippen molar-refractivity contribution in [2.75, 3.05) is 0 Å². The first-order valence-corrected chi connectivity index (χ1v) is 8.72.